The molecule has 3 rings (SSSR count). The number of nitrogens with zero attached hydrogens (tertiary/aromatic N) is 2. The van der Waals surface area contributed by atoms with Gasteiger partial charge in [-0.05, 0) is 58.3 Å². The van der Waals surface area contributed by atoms with Crippen molar-refractivity contribution in [2.45, 2.75) is 84.1 Å². The maximum Gasteiger partial charge on any atom is 0.259 e. The van der Waals surface area contributed by atoms with Gasteiger partial charge in [0.2, 0.25) is 5.43 Å². The van der Waals surface area contributed by atoms with Crippen molar-refractivity contribution in [2.75, 3.05) is 19.6 Å². The van der Waals surface area contributed by atoms with E-state index < -0.39 is 5.43 Å². The minimum Gasteiger partial charge on any atom is -0.352 e. The highest BCUT2D eigenvalue weighted by Gasteiger charge is 2.24. The lowest BCUT2D eigenvalue weighted by Crippen LogP contribution is -2.38. The predicted octanol–water partition coefficient (Wildman–Crippen LogP) is 4.46. The van der Waals surface area contributed by atoms with Crippen molar-refractivity contribution >= 4 is 11.8 Å². The SMILES string of the molecule is CC[C@@H](C)n1cc(C(=O)NCCC2=CCCCC2)c(=O)c(C(=O)N2CCCCCC2)c1. The van der Waals surface area contributed by atoms with Gasteiger partial charge in [0.25, 0.3) is 11.8 Å². The number of amides is 2. The first-order valence-electron chi connectivity index (χ1n) is 12.0. The van der Waals surface area contributed by atoms with Gasteiger partial charge in [0.15, 0.2) is 0 Å². The number of hydrogen-bond donors (Lipinski definition) is 1. The molecule has 0 bridgehead atoms. The molecule has 1 aliphatic heterocycles. The van der Waals surface area contributed by atoms with E-state index in [2.05, 4.69) is 18.3 Å². The molecule has 31 heavy (non-hydrogen) atoms. The Morgan fingerprint density at radius 3 is 2.39 bits per heavy atom. The largest absolute Gasteiger partial charge is 0.352 e. The molecule has 2 amide bonds. The summed E-state index contributed by atoms with van der Waals surface area (Å²) in [6.45, 7) is 5.94. The van der Waals surface area contributed by atoms with Crippen molar-refractivity contribution < 1.29 is 9.59 Å². The van der Waals surface area contributed by atoms with Gasteiger partial charge < -0.3 is 14.8 Å². The Balaban J connectivity index is 1.81. The molecule has 1 saturated heterocycles. The molecule has 0 aromatic carbocycles. The molecule has 0 spiro atoms. The van der Waals surface area contributed by atoms with Crippen molar-refractivity contribution in [1.29, 1.82) is 0 Å². The van der Waals surface area contributed by atoms with Crippen LogP contribution in [0.3, 0.4) is 0 Å². The number of carbonyl (C=O) groups excluding carboxylic acids is 2. The second-order valence-corrected chi connectivity index (χ2v) is 8.94. The van der Waals surface area contributed by atoms with E-state index in [0.29, 0.717) is 19.6 Å². The van der Waals surface area contributed by atoms with E-state index in [1.54, 1.807) is 17.3 Å². The monoisotopic (exact) mass is 427 g/mol. The normalized spacial score (nSPS) is 18.1. The van der Waals surface area contributed by atoms with Crippen LogP contribution in [0.5, 0.6) is 0 Å². The van der Waals surface area contributed by atoms with Gasteiger partial charge in [0, 0.05) is 38.1 Å². The Bertz CT molecular complexity index is 863. The maximum atomic E-state index is 13.2. The van der Waals surface area contributed by atoms with E-state index in [4.69, 9.17) is 0 Å². The molecule has 6 nitrogen and oxygen atoms in total. The Labute approximate surface area is 185 Å². The van der Waals surface area contributed by atoms with Crippen LogP contribution in [0.1, 0.15) is 105 Å². The number of carbonyl (C=O) groups is 2. The van der Waals surface area contributed by atoms with Gasteiger partial charge in [0.1, 0.15) is 11.1 Å². The van der Waals surface area contributed by atoms with Crippen LogP contribution in [-0.2, 0) is 0 Å². The van der Waals surface area contributed by atoms with E-state index in [-0.39, 0.29) is 29.0 Å². The zero-order valence-corrected chi connectivity index (χ0v) is 19.1. The first-order chi connectivity index (χ1) is 15.0. The van der Waals surface area contributed by atoms with Crippen molar-refractivity contribution in [1.82, 2.24) is 14.8 Å². The summed E-state index contributed by atoms with van der Waals surface area (Å²) in [7, 11) is 0. The first kappa shape index (κ1) is 23.3. The highest BCUT2D eigenvalue weighted by Crippen LogP contribution is 2.19. The Morgan fingerprint density at radius 2 is 1.74 bits per heavy atom. The van der Waals surface area contributed by atoms with Crippen LogP contribution in [0.2, 0.25) is 0 Å². The fourth-order valence-corrected chi connectivity index (χ4v) is 4.38. The van der Waals surface area contributed by atoms with Gasteiger partial charge in [-0.1, -0.05) is 31.4 Å². The summed E-state index contributed by atoms with van der Waals surface area (Å²) in [5.41, 5.74) is 1.11. The molecule has 0 unspecified atom stereocenters. The number of hydrogen-bond acceptors (Lipinski definition) is 3. The van der Waals surface area contributed by atoms with Crippen LogP contribution in [0.4, 0.5) is 0 Å². The quantitative estimate of drug-likeness (QED) is 0.653. The highest BCUT2D eigenvalue weighted by molar-refractivity contribution is 5.99. The minimum absolute atomic E-state index is 0.0681. The Hall–Kier alpha value is -2.37. The van der Waals surface area contributed by atoms with Crippen molar-refractivity contribution in [3.8, 4) is 0 Å². The zero-order valence-electron chi connectivity index (χ0n) is 19.1. The third-order valence-corrected chi connectivity index (χ3v) is 6.63. The summed E-state index contributed by atoms with van der Waals surface area (Å²) in [5, 5.41) is 2.91. The molecule has 2 heterocycles. The standard InChI is InChI=1S/C25H37N3O3/c1-3-19(2)28-17-21(24(30)26-14-13-20-11-7-6-8-12-20)23(29)22(18-28)25(31)27-15-9-4-5-10-16-27/h11,17-19H,3-10,12-16H2,1-2H3,(H,26,30)/t19-/m1/s1. The molecule has 1 aromatic rings. The zero-order chi connectivity index (χ0) is 22.2. The second-order valence-electron chi connectivity index (χ2n) is 8.94. The summed E-state index contributed by atoms with van der Waals surface area (Å²) in [5.74, 6) is -0.630. The van der Waals surface area contributed by atoms with Gasteiger partial charge >= 0.3 is 0 Å². The summed E-state index contributed by atoms with van der Waals surface area (Å²) >= 11 is 0. The first-order valence-corrected chi connectivity index (χ1v) is 12.0. The Morgan fingerprint density at radius 1 is 1.03 bits per heavy atom. The lowest BCUT2D eigenvalue weighted by Gasteiger charge is -2.22. The van der Waals surface area contributed by atoms with Gasteiger partial charge in [-0.3, -0.25) is 14.4 Å². The van der Waals surface area contributed by atoms with Crippen LogP contribution < -0.4 is 10.7 Å². The molecule has 1 atom stereocenters. The summed E-state index contributed by atoms with van der Waals surface area (Å²) < 4.78 is 1.85. The van der Waals surface area contributed by atoms with E-state index >= 15 is 0 Å². The molecule has 1 fully saturated rings. The molecule has 1 aliphatic carbocycles. The topological polar surface area (TPSA) is 71.4 Å². The number of likely N-dealkylation sites (tertiary alicyclic amines) is 1. The van der Waals surface area contributed by atoms with Gasteiger partial charge in [0.05, 0.1) is 0 Å². The van der Waals surface area contributed by atoms with E-state index in [9.17, 15) is 14.4 Å². The van der Waals surface area contributed by atoms with Crippen LogP contribution in [0.25, 0.3) is 0 Å². The van der Waals surface area contributed by atoms with Gasteiger partial charge in [-0.2, -0.15) is 0 Å². The molecule has 170 valence electrons. The highest BCUT2D eigenvalue weighted by atomic mass is 16.2. The third-order valence-electron chi connectivity index (χ3n) is 6.63. The fraction of sp³-hybridized carbons (Fsp3) is 0.640. The van der Waals surface area contributed by atoms with Crippen molar-refractivity contribution in [2.24, 2.45) is 0 Å². The lowest BCUT2D eigenvalue weighted by molar-refractivity contribution is 0.0759. The predicted molar refractivity (Wildman–Crippen MR) is 124 cm³/mol. The molecular weight excluding hydrogens is 390 g/mol. The summed E-state index contributed by atoms with van der Waals surface area (Å²) in [6.07, 6.45) is 16.0. The Kier molecular flexibility index (Phi) is 8.50. The smallest absolute Gasteiger partial charge is 0.259 e. The number of allylic oxidation sites excluding steroid dienone is 1. The number of rotatable bonds is 7. The van der Waals surface area contributed by atoms with E-state index in [1.807, 2.05) is 11.5 Å². The summed E-state index contributed by atoms with van der Waals surface area (Å²) in [6, 6.07) is 0.0928. The van der Waals surface area contributed by atoms with Crippen LogP contribution >= 0.6 is 0 Å². The third kappa shape index (κ3) is 6.08. The van der Waals surface area contributed by atoms with Gasteiger partial charge in [-0.15, -0.1) is 0 Å². The van der Waals surface area contributed by atoms with Crippen molar-refractivity contribution in [3.63, 3.8) is 0 Å². The molecule has 1 N–H and O–H groups in total. The maximum absolute atomic E-state index is 13.2. The fourth-order valence-electron chi connectivity index (χ4n) is 4.38. The molecule has 0 radical (unpaired) electrons. The van der Waals surface area contributed by atoms with Gasteiger partial charge in [-0.25, -0.2) is 0 Å². The van der Waals surface area contributed by atoms with E-state index in [1.165, 1.54) is 18.4 Å². The average Bonchev–Trinajstić information content (AvgIpc) is 3.08. The van der Waals surface area contributed by atoms with E-state index in [0.717, 1.165) is 51.4 Å². The number of nitrogens with one attached hydrogen (secondary N) is 1. The summed E-state index contributed by atoms with van der Waals surface area (Å²) in [4.78, 5) is 41.1. The number of pyridine rings is 1. The van der Waals surface area contributed by atoms with Crippen LogP contribution in [-0.4, -0.2) is 40.9 Å². The lowest BCUT2D eigenvalue weighted by atomic mass is 9.97. The van der Waals surface area contributed by atoms with Crippen LogP contribution in [0.15, 0.2) is 28.8 Å². The molecule has 6 heteroatoms. The number of aromatic nitrogens is 1. The molecule has 2 aliphatic rings. The molecule has 1 aromatic heterocycles. The minimum atomic E-state index is -0.455. The van der Waals surface area contributed by atoms with Crippen molar-refractivity contribution in [3.05, 3.63) is 45.4 Å². The van der Waals surface area contributed by atoms with Crippen LogP contribution in [0, 0.1) is 0 Å². The molecule has 0 saturated carbocycles. The second kappa shape index (κ2) is 11.3. The molecular formula is C25H37N3O3. The average molecular weight is 428 g/mol.